The quantitative estimate of drug-likeness (QED) is 0.168. The number of hydrazone groups is 1. The molecule has 0 fully saturated rings. The molecule has 0 aliphatic carbocycles. The average molecular weight is 283 g/mol. The van der Waals surface area contributed by atoms with Crippen LogP contribution in [-0.4, -0.2) is 29.6 Å². The van der Waals surface area contributed by atoms with Gasteiger partial charge < -0.3 is 10.8 Å². The van der Waals surface area contributed by atoms with Gasteiger partial charge in [0.2, 0.25) is 5.71 Å². The molecule has 0 radical (unpaired) electrons. The van der Waals surface area contributed by atoms with Gasteiger partial charge in [-0.05, 0) is 18.2 Å². The van der Waals surface area contributed by atoms with Crippen LogP contribution in [0.1, 0.15) is 0 Å². The Morgan fingerprint density at radius 3 is 2.63 bits per heavy atom. The molecule has 6 N–H and O–H groups in total. The van der Waals surface area contributed by atoms with Crippen LogP contribution < -0.4 is 11.2 Å². The molecule has 0 aliphatic heterocycles. The number of nitrogens with one attached hydrogen (secondary N) is 2. The fraction of sp³-hybridized carbons (Fsp3) is 0. The maximum atomic E-state index is 10.9. The summed E-state index contributed by atoms with van der Waals surface area (Å²) in [6.07, 6.45) is 0. The zero-order valence-corrected chi connectivity index (χ0v) is 10.1. The summed E-state index contributed by atoms with van der Waals surface area (Å²) in [5.74, 6) is -0.961. The van der Waals surface area contributed by atoms with Crippen LogP contribution in [0, 0.1) is 16.7 Å². The van der Waals surface area contributed by atoms with E-state index < -0.39 is 26.6 Å². The Balaban J connectivity index is 3.16. The highest BCUT2D eigenvalue weighted by molar-refractivity contribution is 7.85. The van der Waals surface area contributed by atoms with Gasteiger partial charge >= 0.3 is 0 Å². The number of rotatable bonds is 4. The minimum absolute atomic E-state index is 0.177. The number of phenolic OH excluding ortho intramolecular Hbond substituents is 1. The van der Waals surface area contributed by atoms with Crippen molar-refractivity contribution in [3.8, 4) is 11.8 Å². The number of anilines is 1. The van der Waals surface area contributed by atoms with Crippen molar-refractivity contribution in [2.75, 3.05) is 5.43 Å². The highest BCUT2D eigenvalue weighted by atomic mass is 32.2. The summed E-state index contributed by atoms with van der Waals surface area (Å²) in [7, 11) is -4.43. The number of aromatic hydroxyl groups is 1. The van der Waals surface area contributed by atoms with Crippen LogP contribution in [-0.2, 0) is 10.1 Å². The number of phenols is 1. The van der Waals surface area contributed by atoms with E-state index in [4.69, 9.17) is 21.0 Å². The second-order valence-corrected chi connectivity index (χ2v) is 4.67. The lowest BCUT2D eigenvalue weighted by atomic mass is 10.3. The lowest BCUT2D eigenvalue weighted by Gasteiger charge is -2.05. The Bertz CT molecular complexity index is 689. The second kappa shape index (κ2) is 5.34. The van der Waals surface area contributed by atoms with Gasteiger partial charge in [-0.25, -0.2) is 0 Å². The SMILES string of the molecule is N#C/C(=N\Nc1cc(S(=O)(=O)O)ccc1O)C(=N)N. The van der Waals surface area contributed by atoms with Crippen LogP contribution in [0.15, 0.2) is 28.2 Å². The van der Waals surface area contributed by atoms with E-state index >= 15 is 0 Å². The molecule has 0 aromatic heterocycles. The Hall–Kier alpha value is -2.64. The summed E-state index contributed by atoms with van der Waals surface area (Å²) in [4.78, 5) is -0.468. The summed E-state index contributed by atoms with van der Waals surface area (Å²) in [6, 6.07) is 4.43. The Morgan fingerprint density at radius 1 is 1.53 bits per heavy atom. The Labute approximate surface area is 108 Å². The normalized spacial score (nSPS) is 11.7. The monoisotopic (exact) mass is 283 g/mol. The molecule has 1 rings (SSSR count). The van der Waals surface area contributed by atoms with Gasteiger partial charge in [0.1, 0.15) is 11.8 Å². The zero-order valence-electron chi connectivity index (χ0n) is 9.32. The number of hydrogen-bond acceptors (Lipinski definition) is 7. The van der Waals surface area contributed by atoms with Gasteiger partial charge in [0.15, 0.2) is 5.84 Å². The van der Waals surface area contributed by atoms with Crippen molar-refractivity contribution in [2.45, 2.75) is 4.90 Å². The zero-order chi connectivity index (χ0) is 14.6. The maximum absolute atomic E-state index is 10.9. The van der Waals surface area contributed by atoms with Gasteiger partial charge in [0, 0.05) is 0 Å². The van der Waals surface area contributed by atoms with E-state index in [0.717, 1.165) is 18.2 Å². The lowest BCUT2D eigenvalue weighted by molar-refractivity contribution is 0.474. The molecule has 0 saturated heterocycles. The fourth-order valence-electron chi connectivity index (χ4n) is 1.03. The molecular formula is C9H9N5O4S. The van der Waals surface area contributed by atoms with Crippen molar-refractivity contribution in [1.29, 1.82) is 10.7 Å². The van der Waals surface area contributed by atoms with Crippen molar-refractivity contribution in [3.05, 3.63) is 18.2 Å². The summed E-state index contributed by atoms with van der Waals surface area (Å²) in [5.41, 5.74) is 6.59. The molecule has 19 heavy (non-hydrogen) atoms. The highest BCUT2D eigenvalue weighted by Gasteiger charge is 2.12. The first-order valence-electron chi connectivity index (χ1n) is 4.64. The molecular weight excluding hydrogens is 274 g/mol. The van der Waals surface area contributed by atoms with Gasteiger partial charge in [-0.2, -0.15) is 18.8 Å². The summed E-state index contributed by atoms with van der Waals surface area (Å²) in [6.45, 7) is 0. The van der Waals surface area contributed by atoms with E-state index in [1.807, 2.05) is 0 Å². The average Bonchev–Trinajstić information content (AvgIpc) is 2.30. The Morgan fingerprint density at radius 2 is 2.16 bits per heavy atom. The lowest BCUT2D eigenvalue weighted by Crippen LogP contribution is -2.21. The van der Waals surface area contributed by atoms with Crippen molar-refractivity contribution in [1.82, 2.24) is 0 Å². The third-order valence-corrected chi connectivity index (χ3v) is 2.76. The number of nitriles is 1. The second-order valence-electron chi connectivity index (χ2n) is 3.25. The highest BCUT2D eigenvalue weighted by Crippen LogP contribution is 2.26. The molecule has 0 unspecified atom stereocenters. The summed E-state index contributed by atoms with van der Waals surface area (Å²) >= 11 is 0. The van der Waals surface area contributed by atoms with Crippen LogP contribution in [0.5, 0.6) is 5.75 Å². The molecule has 1 aromatic rings. The van der Waals surface area contributed by atoms with E-state index in [2.05, 4.69) is 10.5 Å². The molecule has 0 bridgehead atoms. The van der Waals surface area contributed by atoms with Gasteiger partial charge in [-0.3, -0.25) is 15.4 Å². The van der Waals surface area contributed by atoms with E-state index in [1.165, 1.54) is 6.07 Å². The number of nitrogens with zero attached hydrogens (tertiary/aromatic N) is 2. The van der Waals surface area contributed by atoms with E-state index in [0.29, 0.717) is 0 Å². The fourth-order valence-corrected chi connectivity index (χ4v) is 1.53. The molecule has 0 atom stereocenters. The first-order chi connectivity index (χ1) is 8.75. The van der Waals surface area contributed by atoms with Gasteiger partial charge in [-0.1, -0.05) is 0 Å². The van der Waals surface area contributed by atoms with Crippen LogP contribution >= 0.6 is 0 Å². The third-order valence-electron chi connectivity index (χ3n) is 1.92. The number of nitrogens with two attached hydrogens (primary N) is 1. The summed E-state index contributed by atoms with van der Waals surface area (Å²) in [5, 5.41) is 28.5. The molecule has 0 saturated carbocycles. The van der Waals surface area contributed by atoms with Crippen LogP contribution in [0.4, 0.5) is 5.69 Å². The largest absolute Gasteiger partial charge is 0.506 e. The van der Waals surface area contributed by atoms with Crippen molar-refractivity contribution >= 4 is 27.4 Å². The van der Waals surface area contributed by atoms with Gasteiger partial charge in [-0.15, -0.1) is 0 Å². The Kier molecular flexibility index (Phi) is 4.05. The molecule has 0 amide bonds. The standard InChI is InChI=1S/C9H9N5O4S/c10-4-7(9(11)12)14-13-6-3-5(19(16,17)18)1-2-8(6)15/h1-3,13,15H,(H3,11,12)(H,16,17,18)/b14-7+. The maximum Gasteiger partial charge on any atom is 0.294 e. The molecule has 9 nitrogen and oxygen atoms in total. The van der Waals surface area contributed by atoms with Crippen molar-refractivity contribution in [3.63, 3.8) is 0 Å². The summed E-state index contributed by atoms with van der Waals surface area (Å²) < 4.78 is 30.6. The predicted molar refractivity (Wildman–Crippen MR) is 66.5 cm³/mol. The predicted octanol–water partition coefficient (Wildman–Crippen LogP) is -0.134. The topological polar surface area (TPSA) is 173 Å². The minimum Gasteiger partial charge on any atom is -0.506 e. The van der Waals surface area contributed by atoms with E-state index in [9.17, 15) is 13.5 Å². The van der Waals surface area contributed by atoms with Crippen LogP contribution in [0.25, 0.3) is 0 Å². The first-order valence-corrected chi connectivity index (χ1v) is 6.08. The molecule has 1 aromatic carbocycles. The number of benzene rings is 1. The van der Waals surface area contributed by atoms with Gasteiger partial charge in [0.25, 0.3) is 10.1 Å². The first kappa shape index (κ1) is 14.4. The smallest absolute Gasteiger partial charge is 0.294 e. The van der Waals surface area contributed by atoms with Crippen LogP contribution in [0.2, 0.25) is 0 Å². The van der Waals surface area contributed by atoms with E-state index in [-0.39, 0.29) is 11.4 Å². The number of hydrogen-bond donors (Lipinski definition) is 5. The molecule has 0 heterocycles. The van der Waals surface area contributed by atoms with Crippen molar-refractivity contribution in [2.24, 2.45) is 10.8 Å². The number of amidine groups is 1. The molecule has 100 valence electrons. The molecule has 0 spiro atoms. The third kappa shape index (κ3) is 3.66. The van der Waals surface area contributed by atoms with Gasteiger partial charge in [0.05, 0.1) is 10.6 Å². The minimum atomic E-state index is -4.43. The van der Waals surface area contributed by atoms with Crippen molar-refractivity contribution < 1.29 is 18.1 Å². The van der Waals surface area contributed by atoms with E-state index in [1.54, 1.807) is 0 Å². The molecule has 0 aliphatic rings. The van der Waals surface area contributed by atoms with Crippen LogP contribution in [0.3, 0.4) is 0 Å². The molecule has 10 heteroatoms.